The molecule has 0 bridgehead atoms. The van der Waals surface area contributed by atoms with E-state index in [9.17, 15) is 27.9 Å². The van der Waals surface area contributed by atoms with Gasteiger partial charge in [-0.2, -0.15) is 0 Å². The zero-order valence-corrected chi connectivity index (χ0v) is 19.6. The minimum atomic E-state index is -4.90. The van der Waals surface area contributed by atoms with E-state index in [4.69, 9.17) is 4.74 Å². The van der Waals surface area contributed by atoms with Crippen molar-refractivity contribution in [2.24, 2.45) is 0 Å². The van der Waals surface area contributed by atoms with Crippen molar-refractivity contribution < 1.29 is 37.3 Å². The van der Waals surface area contributed by atoms with Crippen LogP contribution in [0.4, 0.5) is 18.0 Å². The Bertz CT molecular complexity index is 1220. The maximum atomic E-state index is 12.6. The van der Waals surface area contributed by atoms with E-state index >= 15 is 0 Å². The van der Waals surface area contributed by atoms with E-state index in [1.165, 1.54) is 6.07 Å². The van der Waals surface area contributed by atoms with Crippen molar-refractivity contribution >= 4 is 28.0 Å². The molecule has 0 heterocycles. The number of alkyl carbamates (subject to hydrolysis) is 1. The molecule has 0 saturated heterocycles. The van der Waals surface area contributed by atoms with E-state index in [1.54, 1.807) is 0 Å². The minimum Gasteiger partial charge on any atom is -0.480 e. The van der Waals surface area contributed by atoms with Gasteiger partial charge in [-0.25, -0.2) is 9.59 Å². The highest BCUT2D eigenvalue weighted by Gasteiger charge is 2.32. The Morgan fingerprint density at radius 2 is 1.60 bits per heavy atom. The van der Waals surface area contributed by atoms with Gasteiger partial charge in [-0.15, -0.1) is 13.2 Å². The number of rotatable bonds is 7. The molecule has 1 atom stereocenters. The molecule has 0 aromatic heterocycles. The molecule has 2 N–H and O–H groups in total. The molecule has 0 aliphatic heterocycles. The topological polar surface area (TPSA) is 84.9 Å². The number of hydrogen-bond acceptors (Lipinski definition) is 4. The van der Waals surface area contributed by atoms with Crippen molar-refractivity contribution in [2.45, 2.75) is 24.7 Å². The van der Waals surface area contributed by atoms with E-state index in [0.29, 0.717) is 0 Å². The largest absolute Gasteiger partial charge is 0.573 e. The lowest BCUT2D eigenvalue weighted by Gasteiger charge is -2.18. The molecular weight excluding hydrogens is 531 g/mol. The van der Waals surface area contributed by atoms with Gasteiger partial charge in [-0.05, 0) is 46.0 Å². The van der Waals surface area contributed by atoms with Gasteiger partial charge in [0, 0.05) is 16.8 Å². The van der Waals surface area contributed by atoms with Crippen molar-refractivity contribution in [3.63, 3.8) is 0 Å². The normalized spacial score (nSPS) is 13.5. The average Bonchev–Trinajstić information content (AvgIpc) is 3.09. The number of carboxylic acid groups (broad SMARTS) is 1. The number of aliphatic carboxylic acids is 1. The summed E-state index contributed by atoms with van der Waals surface area (Å²) in [6.45, 7) is -0.00729. The van der Waals surface area contributed by atoms with Gasteiger partial charge in [0.25, 0.3) is 0 Å². The number of carbonyl (C=O) groups excluding carboxylic acids is 1. The number of alkyl halides is 3. The summed E-state index contributed by atoms with van der Waals surface area (Å²) in [6.07, 6.45) is -6.13. The number of hydrogen-bond donors (Lipinski definition) is 2. The molecule has 0 radical (unpaired) electrons. The van der Waals surface area contributed by atoms with Crippen LogP contribution in [0.5, 0.6) is 5.75 Å². The maximum absolute atomic E-state index is 12.6. The Hall–Kier alpha value is -3.53. The van der Waals surface area contributed by atoms with Crippen LogP contribution in [0.1, 0.15) is 22.6 Å². The lowest BCUT2D eigenvalue weighted by molar-refractivity contribution is -0.274. The molecule has 10 heteroatoms. The third kappa shape index (κ3) is 5.94. The summed E-state index contributed by atoms with van der Waals surface area (Å²) in [7, 11) is 0. The summed E-state index contributed by atoms with van der Waals surface area (Å²) in [4.78, 5) is 24.2. The Morgan fingerprint density at radius 1 is 1.00 bits per heavy atom. The predicted molar refractivity (Wildman–Crippen MR) is 124 cm³/mol. The van der Waals surface area contributed by atoms with Gasteiger partial charge in [0.05, 0.1) is 0 Å². The van der Waals surface area contributed by atoms with Gasteiger partial charge in [0.15, 0.2) is 0 Å². The molecule has 1 amide bonds. The fourth-order valence-electron chi connectivity index (χ4n) is 4.15. The Balaban J connectivity index is 1.43. The van der Waals surface area contributed by atoms with Crippen LogP contribution in [0, 0.1) is 0 Å². The summed E-state index contributed by atoms with van der Waals surface area (Å²) in [5.41, 5.74) is 4.31. The smallest absolute Gasteiger partial charge is 0.480 e. The van der Waals surface area contributed by atoms with Gasteiger partial charge in [-0.3, -0.25) is 0 Å². The molecule has 0 fully saturated rings. The fraction of sp³-hybridized carbons (Fsp3) is 0.200. The molecule has 0 saturated carbocycles. The van der Waals surface area contributed by atoms with Crippen LogP contribution < -0.4 is 10.1 Å². The second-order valence-corrected chi connectivity index (χ2v) is 8.82. The second-order valence-electron chi connectivity index (χ2n) is 7.91. The standard InChI is InChI=1S/C25H19BrF3NO5/c26-15-9-14(10-16(12-15)35-25(27,28)29)11-22(23(31)32)30-24(33)34-13-21-19-7-3-1-5-17(19)18-6-2-4-8-20(18)21/h1-10,12,21-22H,11,13H2,(H,30,33)(H,31,32). The average molecular weight is 550 g/mol. The molecule has 6 nitrogen and oxygen atoms in total. The summed E-state index contributed by atoms with van der Waals surface area (Å²) < 4.78 is 47.2. The number of halogens is 4. The first kappa shape index (κ1) is 24.6. The zero-order chi connectivity index (χ0) is 25.2. The molecule has 35 heavy (non-hydrogen) atoms. The van der Waals surface area contributed by atoms with Crippen LogP contribution in [0.3, 0.4) is 0 Å². The number of carbonyl (C=O) groups is 2. The predicted octanol–water partition coefficient (Wildman–Crippen LogP) is 5.88. The van der Waals surface area contributed by atoms with Crippen LogP contribution in [0.2, 0.25) is 0 Å². The third-order valence-corrected chi connectivity index (χ3v) is 6.00. The second kappa shape index (κ2) is 9.99. The van der Waals surface area contributed by atoms with E-state index in [0.717, 1.165) is 34.4 Å². The van der Waals surface area contributed by atoms with Crippen LogP contribution in [-0.4, -0.2) is 36.2 Å². The van der Waals surface area contributed by atoms with Crippen LogP contribution in [-0.2, 0) is 16.0 Å². The Morgan fingerprint density at radius 3 is 2.17 bits per heavy atom. The van der Waals surface area contributed by atoms with Crippen molar-refractivity contribution in [1.82, 2.24) is 5.32 Å². The first-order valence-corrected chi connectivity index (χ1v) is 11.3. The number of benzene rings is 3. The summed E-state index contributed by atoms with van der Waals surface area (Å²) in [6, 6.07) is 17.7. The summed E-state index contributed by atoms with van der Waals surface area (Å²) in [5, 5.41) is 11.8. The molecule has 3 aromatic rings. The highest BCUT2D eigenvalue weighted by atomic mass is 79.9. The number of carboxylic acids is 1. The van der Waals surface area contributed by atoms with Gasteiger partial charge >= 0.3 is 18.4 Å². The van der Waals surface area contributed by atoms with Crippen molar-refractivity contribution in [3.8, 4) is 16.9 Å². The van der Waals surface area contributed by atoms with Gasteiger partial charge < -0.3 is 19.9 Å². The lowest BCUT2D eigenvalue weighted by atomic mass is 9.98. The van der Waals surface area contributed by atoms with Gasteiger partial charge in [0.2, 0.25) is 0 Å². The molecular formula is C25H19BrF3NO5. The van der Waals surface area contributed by atoms with E-state index < -0.39 is 30.2 Å². The number of amides is 1. The minimum absolute atomic E-state index is 0.00729. The molecule has 182 valence electrons. The monoisotopic (exact) mass is 549 g/mol. The first-order valence-electron chi connectivity index (χ1n) is 10.5. The first-order chi connectivity index (χ1) is 16.6. The molecule has 4 rings (SSSR count). The van der Waals surface area contributed by atoms with Gasteiger partial charge in [0.1, 0.15) is 18.4 Å². The number of nitrogens with one attached hydrogen (secondary N) is 1. The van der Waals surface area contributed by atoms with Crippen LogP contribution >= 0.6 is 15.9 Å². The fourth-order valence-corrected chi connectivity index (χ4v) is 4.67. The summed E-state index contributed by atoms with van der Waals surface area (Å²) in [5.74, 6) is -2.08. The summed E-state index contributed by atoms with van der Waals surface area (Å²) >= 11 is 3.08. The van der Waals surface area contributed by atoms with E-state index in [2.05, 4.69) is 26.0 Å². The number of fused-ring (bicyclic) bond motifs is 3. The molecule has 0 spiro atoms. The number of ether oxygens (including phenoxy) is 2. The molecule has 1 unspecified atom stereocenters. The van der Waals surface area contributed by atoms with E-state index in [1.807, 2.05) is 48.5 Å². The maximum Gasteiger partial charge on any atom is 0.573 e. The van der Waals surface area contributed by atoms with Crippen LogP contribution in [0.15, 0.2) is 71.2 Å². The quantitative estimate of drug-likeness (QED) is 0.384. The molecule has 1 aliphatic carbocycles. The van der Waals surface area contributed by atoms with E-state index in [-0.39, 0.29) is 29.0 Å². The van der Waals surface area contributed by atoms with Gasteiger partial charge in [-0.1, -0.05) is 64.5 Å². The van der Waals surface area contributed by atoms with Crippen LogP contribution in [0.25, 0.3) is 11.1 Å². The van der Waals surface area contributed by atoms with Crippen molar-refractivity contribution in [1.29, 1.82) is 0 Å². The highest BCUT2D eigenvalue weighted by molar-refractivity contribution is 9.10. The lowest BCUT2D eigenvalue weighted by Crippen LogP contribution is -2.42. The molecule has 1 aliphatic rings. The van der Waals surface area contributed by atoms with Crippen molar-refractivity contribution in [3.05, 3.63) is 87.9 Å². The zero-order valence-electron chi connectivity index (χ0n) is 18.0. The third-order valence-electron chi connectivity index (χ3n) is 5.54. The highest BCUT2D eigenvalue weighted by Crippen LogP contribution is 2.44. The Kier molecular flexibility index (Phi) is 7.02. The SMILES string of the molecule is O=C(NC(Cc1cc(Br)cc(OC(F)(F)F)c1)C(=O)O)OCC1c2ccccc2-c2ccccc21. The van der Waals surface area contributed by atoms with Crippen molar-refractivity contribution in [2.75, 3.05) is 6.61 Å². The Labute approximate surface area is 206 Å². The molecule has 3 aromatic carbocycles.